The Labute approximate surface area is 223 Å². The summed E-state index contributed by atoms with van der Waals surface area (Å²) in [5.41, 5.74) is 13.3. The fraction of sp³-hybridized carbons (Fsp3) is 0.185. The molecule has 0 bridgehead atoms. The van der Waals surface area contributed by atoms with E-state index in [0.29, 0.717) is 17.2 Å². The van der Waals surface area contributed by atoms with Crippen LogP contribution in [0.4, 0.5) is 11.4 Å². The Hall–Kier alpha value is -4.64. The first-order chi connectivity index (χ1) is 18.2. The number of anilines is 2. The molecule has 2 heterocycles. The van der Waals surface area contributed by atoms with E-state index < -0.39 is 23.8 Å². The third-order valence-corrected chi connectivity index (χ3v) is 6.70. The molecule has 2 aromatic carbocycles. The lowest BCUT2D eigenvalue weighted by molar-refractivity contribution is -0.123. The first-order valence-electron chi connectivity index (χ1n) is 11.6. The van der Waals surface area contributed by atoms with E-state index in [1.54, 1.807) is 50.4 Å². The summed E-state index contributed by atoms with van der Waals surface area (Å²) in [4.78, 5) is 40.7. The van der Waals surface area contributed by atoms with Gasteiger partial charge in [-0.3, -0.25) is 19.3 Å². The van der Waals surface area contributed by atoms with Crippen molar-refractivity contribution in [3.05, 3.63) is 93.9 Å². The van der Waals surface area contributed by atoms with Crippen LogP contribution in [0.15, 0.2) is 65.1 Å². The lowest BCUT2D eigenvalue weighted by Gasteiger charge is -2.30. The van der Waals surface area contributed by atoms with Gasteiger partial charge in [0.1, 0.15) is 22.1 Å². The zero-order valence-corrected chi connectivity index (χ0v) is 21.9. The maximum atomic E-state index is 14.0. The second-order valence-corrected chi connectivity index (χ2v) is 9.34. The number of nitrogens with two attached hydrogens (primary N) is 2. The average molecular weight is 534 g/mol. The van der Waals surface area contributed by atoms with Crippen LogP contribution in [-0.4, -0.2) is 29.2 Å². The number of carbonyl (C=O) groups is 3. The number of benzene rings is 2. The fourth-order valence-electron chi connectivity index (χ4n) is 3.83. The number of aromatic nitrogens is 1. The Morgan fingerprint density at radius 3 is 2.29 bits per heavy atom. The van der Waals surface area contributed by atoms with Gasteiger partial charge in [-0.25, -0.2) is 0 Å². The van der Waals surface area contributed by atoms with E-state index in [2.05, 4.69) is 9.69 Å². The Balaban J connectivity index is 1.76. The van der Waals surface area contributed by atoms with Crippen molar-refractivity contribution in [1.82, 2.24) is 9.69 Å². The van der Waals surface area contributed by atoms with Crippen LogP contribution in [-0.2, 0) is 11.3 Å². The topological polar surface area (TPSA) is 154 Å². The van der Waals surface area contributed by atoms with Gasteiger partial charge in [0.05, 0.1) is 12.8 Å². The van der Waals surface area contributed by atoms with Crippen LogP contribution >= 0.6 is 11.5 Å². The number of hydrogen-bond donors (Lipinski definition) is 3. The third kappa shape index (κ3) is 5.52. The summed E-state index contributed by atoms with van der Waals surface area (Å²) < 4.78 is 15.0. The van der Waals surface area contributed by atoms with Crippen molar-refractivity contribution in [2.24, 2.45) is 5.73 Å². The lowest BCUT2D eigenvalue weighted by Crippen LogP contribution is -2.43. The molecule has 11 heteroatoms. The SMILES string of the molecule is COc1ccc(CNC(=O)[C@@H](c2ccc(C)o2)N(C(=O)c2snc(C(N)=O)c2N)c2ccc(C)cc2)cc1. The largest absolute Gasteiger partial charge is 0.497 e. The number of nitrogens with one attached hydrogen (secondary N) is 1. The van der Waals surface area contributed by atoms with Crippen molar-refractivity contribution in [1.29, 1.82) is 0 Å². The summed E-state index contributed by atoms with van der Waals surface area (Å²) >= 11 is 0.741. The number of rotatable bonds is 9. The summed E-state index contributed by atoms with van der Waals surface area (Å²) in [6.07, 6.45) is 0. The van der Waals surface area contributed by atoms with Crippen molar-refractivity contribution in [3.8, 4) is 5.75 Å². The average Bonchev–Trinajstić information content (AvgIpc) is 3.51. The van der Waals surface area contributed by atoms with E-state index in [-0.39, 0.29) is 28.6 Å². The van der Waals surface area contributed by atoms with Crippen LogP contribution in [0.3, 0.4) is 0 Å². The molecule has 0 spiro atoms. The zero-order valence-electron chi connectivity index (χ0n) is 21.1. The van der Waals surface area contributed by atoms with E-state index in [1.165, 1.54) is 4.90 Å². The molecule has 0 aliphatic carbocycles. The van der Waals surface area contributed by atoms with Crippen LogP contribution < -0.4 is 26.4 Å². The number of carbonyl (C=O) groups excluding carboxylic acids is 3. The molecular weight excluding hydrogens is 506 g/mol. The predicted octanol–water partition coefficient (Wildman–Crippen LogP) is 3.75. The minimum absolute atomic E-state index is 0.0180. The monoisotopic (exact) mass is 533 g/mol. The summed E-state index contributed by atoms with van der Waals surface area (Å²) in [6, 6.07) is 16.5. The molecular formula is C27H27N5O5S. The molecule has 0 radical (unpaired) electrons. The molecule has 1 atom stereocenters. The Kier molecular flexibility index (Phi) is 7.77. The molecule has 0 unspecified atom stereocenters. The second-order valence-electron chi connectivity index (χ2n) is 8.57. The lowest BCUT2D eigenvalue weighted by atomic mass is 10.1. The molecule has 3 amide bonds. The molecule has 0 aliphatic rings. The molecule has 2 aromatic heterocycles. The van der Waals surface area contributed by atoms with Crippen molar-refractivity contribution in [2.45, 2.75) is 26.4 Å². The minimum atomic E-state index is -1.20. The maximum Gasteiger partial charge on any atom is 0.273 e. The zero-order chi connectivity index (χ0) is 27.4. The highest BCUT2D eigenvalue weighted by Gasteiger charge is 2.37. The van der Waals surface area contributed by atoms with Gasteiger partial charge >= 0.3 is 0 Å². The van der Waals surface area contributed by atoms with Gasteiger partial charge in [-0.05, 0) is 67.3 Å². The number of furan rings is 1. The minimum Gasteiger partial charge on any atom is -0.497 e. The van der Waals surface area contributed by atoms with Crippen LogP contribution in [0.5, 0.6) is 5.75 Å². The predicted molar refractivity (Wildman–Crippen MR) is 144 cm³/mol. The summed E-state index contributed by atoms with van der Waals surface area (Å²) in [7, 11) is 1.58. The third-order valence-electron chi connectivity index (χ3n) is 5.85. The number of aryl methyl sites for hydroxylation is 2. The van der Waals surface area contributed by atoms with Gasteiger partial charge in [-0.1, -0.05) is 29.8 Å². The van der Waals surface area contributed by atoms with Gasteiger partial charge in [0.25, 0.3) is 17.7 Å². The number of hydrogen-bond acceptors (Lipinski definition) is 8. The molecule has 10 nitrogen and oxygen atoms in total. The second kappa shape index (κ2) is 11.2. The van der Waals surface area contributed by atoms with Crippen molar-refractivity contribution in [3.63, 3.8) is 0 Å². The van der Waals surface area contributed by atoms with E-state index in [9.17, 15) is 14.4 Å². The molecule has 0 aliphatic heterocycles. The summed E-state index contributed by atoms with van der Waals surface area (Å²) in [5.74, 6) is -0.454. The number of ether oxygens (including phenoxy) is 1. The van der Waals surface area contributed by atoms with Crippen molar-refractivity contribution >= 4 is 40.6 Å². The Morgan fingerprint density at radius 2 is 1.74 bits per heavy atom. The van der Waals surface area contributed by atoms with Crippen molar-refractivity contribution in [2.75, 3.05) is 17.7 Å². The fourth-order valence-corrected chi connectivity index (χ4v) is 4.57. The van der Waals surface area contributed by atoms with Crippen LogP contribution in [0, 0.1) is 13.8 Å². The van der Waals surface area contributed by atoms with Crippen LogP contribution in [0.2, 0.25) is 0 Å². The summed E-state index contributed by atoms with van der Waals surface area (Å²) in [5, 5.41) is 2.90. The molecule has 0 saturated heterocycles. The highest BCUT2D eigenvalue weighted by atomic mass is 32.1. The van der Waals surface area contributed by atoms with Gasteiger partial charge in [0.15, 0.2) is 11.7 Å². The quantitative estimate of drug-likeness (QED) is 0.296. The van der Waals surface area contributed by atoms with E-state index >= 15 is 0 Å². The molecule has 38 heavy (non-hydrogen) atoms. The molecule has 4 rings (SSSR count). The molecule has 196 valence electrons. The van der Waals surface area contributed by atoms with Gasteiger partial charge in [-0.2, -0.15) is 4.37 Å². The Morgan fingerprint density at radius 1 is 1.05 bits per heavy atom. The number of primary amides is 1. The highest BCUT2D eigenvalue weighted by molar-refractivity contribution is 7.09. The number of nitrogens with zero attached hydrogens (tertiary/aromatic N) is 2. The van der Waals surface area contributed by atoms with Crippen LogP contribution in [0.1, 0.15) is 48.8 Å². The highest BCUT2D eigenvalue weighted by Crippen LogP contribution is 2.34. The van der Waals surface area contributed by atoms with Gasteiger partial charge < -0.3 is 25.9 Å². The van der Waals surface area contributed by atoms with Crippen molar-refractivity contribution < 1.29 is 23.5 Å². The molecule has 5 N–H and O–H groups in total. The first-order valence-corrected chi connectivity index (χ1v) is 12.4. The van der Waals surface area contributed by atoms with E-state index in [1.807, 2.05) is 31.2 Å². The Bertz CT molecular complexity index is 1460. The van der Waals surface area contributed by atoms with Gasteiger partial charge in [0, 0.05) is 12.2 Å². The smallest absolute Gasteiger partial charge is 0.273 e. The van der Waals surface area contributed by atoms with Gasteiger partial charge in [-0.15, -0.1) is 0 Å². The molecule has 0 fully saturated rings. The number of nitrogen functional groups attached to an aromatic ring is 1. The normalized spacial score (nSPS) is 11.6. The standard InChI is InChI=1S/C27H27N5O5S/c1-15-4-9-18(10-5-15)32(27(35)24-21(28)22(25(29)33)31-38-24)23(20-13-6-16(2)37-20)26(34)30-14-17-7-11-19(36-3)12-8-17/h4-13,23H,14,28H2,1-3H3,(H2,29,33)(H,30,34)/t23-/m1/s1. The number of methoxy groups -OCH3 is 1. The summed E-state index contributed by atoms with van der Waals surface area (Å²) in [6.45, 7) is 3.85. The van der Waals surface area contributed by atoms with Crippen LogP contribution in [0.25, 0.3) is 0 Å². The maximum absolute atomic E-state index is 14.0. The first kappa shape index (κ1) is 26.4. The van der Waals surface area contributed by atoms with E-state index in [0.717, 1.165) is 22.7 Å². The number of amides is 3. The molecule has 4 aromatic rings. The van der Waals surface area contributed by atoms with E-state index in [4.69, 9.17) is 20.6 Å². The molecule has 0 saturated carbocycles. The van der Waals surface area contributed by atoms with Gasteiger partial charge in [0.2, 0.25) is 0 Å².